The van der Waals surface area contributed by atoms with Gasteiger partial charge < -0.3 is 4.98 Å². The van der Waals surface area contributed by atoms with Crippen LogP contribution in [0, 0.1) is 11.3 Å². The molecule has 3 aromatic heterocycles. The quantitative estimate of drug-likeness (QED) is 0.783. The fraction of sp³-hybridized carbons (Fsp3) is 0. The molecule has 96 valence electrons. The second-order valence-electron chi connectivity index (χ2n) is 4.13. The molecule has 3 aromatic rings. The van der Waals surface area contributed by atoms with Crippen LogP contribution in [-0.4, -0.2) is 9.97 Å². The highest BCUT2D eigenvalue weighted by Crippen LogP contribution is 2.27. The minimum Gasteiger partial charge on any atom is -0.320 e. The number of aromatic nitrogens is 2. The van der Waals surface area contributed by atoms with Gasteiger partial charge in [0.1, 0.15) is 11.6 Å². The minimum atomic E-state index is -0.370. The second kappa shape index (κ2) is 5.11. The fourth-order valence-electron chi connectivity index (χ4n) is 1.99. The first kappa shape index (κ1) is 12.3. The molecule has 0 aliphatic rings. The van der Waals surface area contributed by atoms with Gasteiger partial charge in [-0.2, -0.15) is 5.26 Å². The van der Waals surface area contributed by atoms with Crippen molar-refractivity contribution in [1.29, 1.82) is 5.26 Å². The van der Waals surface area contributed by atoms with Crippen LogP contribution in [0.15, 0.2) is 52.9 Å². The maximum Gasteiger partial charge on any atom is 0.266 e. The number of hydrogen-bond donors (Lipinski definition) is 1. The Morgan fingerprint density at radius 2 is 2.05 bits per heavy atom. The van der Waals surface area contributed by atoms with Gasteiger partial charge >= 0.3 is 0 Å². The van der Waals surface area contributed by atoms with Crippen molar-refractivity contribution in [3.63, 3.8) is 0 Å². The van der Waals surface area contributed by atoms with Crippen LogP contribution in [0.25, 0.3) is 21.7 Å². The summed E-state index contributed by atoms with van der Waals surface area (Å²) in [5.74, 6) is 0. The predicted octanol–water partition coefficient (Wildman–Crippen LogP) is 3.04. The maximum absolute atomic E-state index is 12.1. The van der Waals surface area contributed by atoms with Gasteiger partial charge in [0.2, 0.25) is 0 Å². The summed E-state index contributed by atoms with van der Waals surface area (Å²) in [4.78, 5) is 19.7. The molecule has 20 heavy (non-hydrogen) atoms. The number of H-pyrrole nitrogens is 1. The number of nitriles is 1. The zero-order valence-electron chi connectivity index (χ0n) is 10.3. The standard InChI is InChI=1S/C15H9N3OS/c16-9-12-11(10-3-5-17-6-4-10)8-13(18-15(12)19)14-2-1-7-20-14/h1-8H,(H,18,19). The van der Waals surface area contributed by atoms with Gasteiger partial charge in [-0.3, -0.25) is 9.78 Å². The SMILES string of the molecule is N#Cc1c(-c2ccncc2)cc(-c2cccs2)[nH]c1=O. The van der Waals surface area contributed by atoms with Gasteiger partial charge in [-0.05, 0) is 35.2 Å². The summed E-state index contributed by atoms with van der Waals surface area (Å²) in [5.41, 5.74) is 1.90. The first-order valence-corrected chi connectivity index (χ1v) is 6.79. The van der Waals surface area contributed by atoms with Crippen LogP contribution in [0.4, 0.5) is 0 Å². The monoisotopic (exact) mass is 279 g/mol. The van der Waals surface area contributed by atoms with Crippen LogP contribution in [-0.2, 0) is 0 Å². The number of nitrogens with one attached hydrogen (secondary N) is 1. The summed E-state index contributed by atoms with van der Waals surface area (Å²) >= 11 is 1.54. The van der Waals surface area contributed by atoms with E-state index in [2.05, 4.69) is 9.97 Å². The fourth-order valence-corrected chi connectivity index (χ4v) is 2.69. The molecule has 0 unspecified atom stereocenters. The minimum absolute atomic E-state index is 0.122. The zero-order chi connectivity index (χ0) is 13.9. The molecule has 1 N–H and O–H groups in total. The van der Waals surface area contributed by atoms with E-state index in [-0.39, 0.29) is 11.1 Å². The molecule has 0 aromatic carbocycles. The number of hydrogen-bond acceptors (Lipinski definition) is 4. The molecular formula is C15H9N3OS. The summed E-state index contributed by atoms with van der Waals surface area (Å²) in [6.07, 6.45) is 3.28. The third kappa shape index (κ3) is 2.13. The molecule has 3 heterocycles. The van der Waals surface area contributed by atoms with Crippen LogP contribution >= 0.6 is 11.3 Å². The van der Waals surface area contributed by atoms with Crippen LogP contribution < -0.4 is 5.56 Å². The van der Waals surface area contributed by atoms with E-state index in [1.54, 1.807) is 24.5 Å². The zero-order valence-corrected chi connectivity index (χ0v) is 11.1. The summed E-state index contributed by atoms with van der Waals surface area (Å²) in [6, 6.07) is 11.2. The van der Waals surface area contributed by atoms with Gasteiger partial charge in [-0.15, -0.1) is 11.3 Å². The van der Waals surface area contributed by atoms with Crippen LogP contribution in [0.3, 0.4) is 0 Å². The van der Waals surface area contributed by atoms with Crippen molar-refractivity contribution < 1.29 is 0 Å². The van der Waals surface area contributed by atoms with Crippen molar-refractivity contribution in [2.75, 3.05) is 0 Å². The lowest BCUT2D eigenvalue weighted by Gasteiger charge is -2.06. The van der Waals surface area contributed by atoms with Gasteiger partial charge in [-0.1, -0.05) is 6.07 Å². The molecule has 0 aliphatic heterocycles. The van der Waals surface area contributed by atoms with Crippen LogP contribution in [0.1, 0.15) is 5.56 Å². The molecule has 0 radical (unpaired) electrons. The largest absolute Gasteiger partial charge is 0.320 e. The van der Waals surface area contributed by atoms with Gasteiger partial charge in [0.15, 0.2) is 0 Å². The molecule has 0 aliphatic carbocycles. The molecule has 5 heteroatoms. The lowest BCUT2D eigenvalue weighted by atomic mass is 10.0. The Bertz CT molecular complexity index is 830. The summed E-state index contributed by atoms with van der Waals surface area (Å²) < 4.78 is 0. The van der Waals surface area contributed by atoms with E-state index >= 15 is 0 Å². The summed E-state index contributed by atoms with van der Waals surface area (Å²) in [6.45, 7) is 0. The van der Waals surface area contributed by atoms with Crippen molar-refractivity contribution in [3.05, 3.63) is 64.0 Å². The first-order valence-electron chi connectivity index (χ1n) is 5.91. The van der Waals surface area contributed by atoms with E-state index < -0.39 is 0 Å². The summed E-state index contributed by atoms with van der Waals surface area (Å²) in [5, 5.41) is 11.1. The molecular weight excluding hydrogens is 270 g/mol. The molecule has 0 bridgehead atoms. The molecule has 0 amide bonds. The second-order valence-corrected chi connectivity index (χ2v) is 5.07. The van der Waals surface area contributed by atoms with E-state index in [1.165, 1.54) is 11.3 Å². The first-order chi connectivity index (χ1) is 9.79. The number of aromatic amines is 1. The third-order valence-electron chi connectivity index (χ3n) is 2.92. The molecule has 0 saturated heterocycles. The van der Waals surface area contributed by atoms with Crippen molar-refractivity contribution >= 4 is 11.3 Å². The molecule has 0 atom stereocenters. The maximum atomic E-state index is 12.1. The molecule has 3 rings (SSSR count). The van der Waals surface area contributed by atoms with Gasteiger partial charge in [0, 0.05) is 18.0 Å². The van der Waals surface area contributed by atoms with Crippen molar-refractivity contribution in [2.45, 2.75) is 0 Å². The summed E-state index contributed by atoms with van der Waals surface area (Å²) in [7, 11) is 0. The van der Waals surface area contributed by atoms with Gasteiger partial charge in [-0.25, -0.2) is 0 Å². The molecule has 0 saturated carbocycles. The highest BCUT2D eigenvalue weighted by molar-refractivity contribution is 7.13. The van der Waals surface area contributed by atoms with E-state index in [1.807, 2.05) is 29.6 Å². The third-order valence-corrected chi connectivity index (χ3v) is 3.83. The van der Waals surface area contributed by atoms with Gasteiger partial charge in [0.25, 0.3) is 5.56 Å². The highest BCUT2D eigenvalue weighted by atomic mass is 32.1. The Balaban J connectivity index is 2.28. The number of nitrogens with zero attached hydrogens (tertiary/aromatic N) is 2. The van der Waals surface area contributed by atoms with E-state index in [4.69, 9.17) is 0 Å². The Morgan fingerprint density at radius 3 is 2.70 bits per heavy atom. The average Bonchev–Trinajstić information content (AvgIpc) is 3.01. The van der Waals surface area contributed by atoms with Crippen molar-refractivity contribution in [3.8, 4) is 27.8 Å². The van der Waals surface area contributed by atoms with Crippen molar-refractivity contribution in [1.82, 2.24) is 9.97 Å². The lowest BCUT2D eigenvalue weighted by molar-refractivity contribution is 1.22. The number of thiophene rings is 1. The molecule has 0 fully saturated rings. The van der Waals surface area contributed by atoms with Crippen molar-refractivity contribution in [2.24, 2.45) is 0 Å². The number of rotatable bonds is 2. The lowest BCUT2D eigenvalue weighted by Crippen LogP contribution is -2.12. The van der Waals surface area contributed by atoms with E-state index in [9.17, 15) is 10.1 Å². The Morgan fingerprint density at radius 1 is 1.25 bits per heavy atom. The van der Waals surface area contributed by atoms with Crippen LogP contribution in [0.2, 0.25) is 0 Å². The molecule has 4 nitrogen and oxygen atoms in total. The number of pyridine rings is 2. The Labute approximate surface area is 119 Å². The van der Waals surface area contributed by atoms with Crippen LogP contribution in [0.5, 0.6) is 0 Å². The predicted molar refractivity (Wildman–Crippen MR) is 78.3 cm³/mol. The Hall–Kier alpha value is -2.71. The Kier molecular flexibility index (Phi) is 3.15. The average molecular weight is 279 g/mol. The topological polar surface area (TPSA) is 69.5 Å². The highest BCUT2D eigenvalue weighted by Gasteiger charge is 2.12. The van der Waals surface area contributed by atoms with E-state index in [0.29, 0.717) is 5.56 Å². The van der Waals surface area contributed by atoms with E-state index in [0.717, 1.165) is 16.1 Å². The molecule has 0 spiro atoms. The van der Waals surface area contributed by atoms with Gasteiger partial charge in [0.05, 0.1) is 10.6 Å². The normalized spacial score (nSPS) is 10.2. The smallest absolute Gasteiger partial charge is 0.266 e.